The van der Waals surface area contributed by atoms with E-state index in [0.717, 1.165) is 0 Å². The molecule has 5 N–H and O–H groups in total. The number of urea groups is 1. The number of carbonyl (C=O) groups is 2. The molecule has 0 aliphatic heterocycles. The molecular weight excluding hydrogens is 258 g/mol. The Morgan fingerprint density at radius 1 is 1.25 bits per heavy atom. The Morgan fingerprint density at radius 2 is 1.85 bits per heavy atom. The molecule has 0 spiro atoms. The third kappa shape index (κ3) is 4.89. The van der Waals surface area contributed by atoms with Crippen molar-refractivity contribution in [3.63, 3.8) is 0 Å². The van der Waals surface area contributed by atoms with Crippen LogP contribution in [0.2, 0.25) is 0 Å². The summed E-state index contributed by atoms with van der Waals surface area (Å²) in [5, 5.41) is 14.3. The van der Waals surface area contributed by atoms with Gasteiger partial charge in [0.2, 0.25) is 0 Å². The molecule has 20 heavy (non-hydrogen) atoms. The van der Waals surface area contributed by atoms with E-state index in [1.165, 1.54) is 0 Å². The van der Waals surface area contributed by atoms with E-state index in [1.807, 2.05) is 13.8 Å². The van der Waals surface area contributed by atoms with Crippen LogP contribution in [0.25, 0.3) is 0 Å². The van der Waals surface area contributed by atoms with Gasteiger partial charge in [0, 0.05) is 23.9 Å². The molecule has 0 heterocycles. The topological polar surface area (TPSA) is 104 Å². The lowest BCUT2D eigenvalue weighted by atomic mass is 10.0. The van der Waals surface area contributed by atoms with E-state index < -0.39 is 6.03 Å². The molecule has 0 aliphatic rings. The average Bonchev–Trinajstić information content (AvgIpc) is 2.38. The van der Waals surface area contributed by atoms with Gasteiger partial charge in [-0.3, -0.25) is 4.79 Å². The van der Waals surface area contributed by atoms with Gasteiger partial charge in [-0.25, -0.2) is 4.79 Å². The number of anilines is 1. The maximum atomic E-state index is 12.1. The third-order valence-corrected chi connectivity index (χ3v) is 2.98. The lowest BCUT2D eigenvalue weighted by molar-refractivity contribution is 0.0916. The highest BCUT2D eigenvalue weighted by Crippen LogP contribution is 2.11. The molecule has 0 aromatic heterocycles. The second-order valence-corrected chi connectivity index (χ2v) is 4.90. The minimum atomic E-state index is -0.648. The molecule has 1 unspecified atom stereocenters. The predicted octanol–water partition coefficient (Wildman–Crippen LogP) is 1.31. The van der Waals surface area contributed by atoms with E-state index in [1.54, 1.807) is 24.3 Å². The normalized spacial score (nSPS) is 12.0. The van der Waals surface area contributed by atoms with E-state index in [0.29, 0.717) is 17.7 Å². The molecule has 1 atom stereocenters. The van der Waals surface area contributed by atoms with Gasteiger partial charge in [-0.05, 0) is 36.6 Å². The zero-order valence-corrected chi connectivity index (χ0v) is 11.7. The molecule has 3 amide bonds. The second kappa shape index (κ2) is 7.49. The quantitative estimate of drug-likeness (QED) is 0.631. The highest BCUT2D eigenvalue weighted by molar-refractivity contribution is 5.95. The number of amides is 3. The van der Waals surface area contributed by atoms with Gasteiger partial charge in [0.05, 0.1) is 0 Å². The van der Waals surface area contributed by atoms with E-state index in [4.69, 9.17) is 10.8 Å². The molecule has 1 rings (SSSR count). The van der Waals surface area contributed by atoms with Crippen LogP contribution in [-0.2, 0) is 0 Å². The number of rotatable bonds is 6. The van der Waals surface area contributed by atoms with Crippen LogP contribution in [-0.4, -0.2) is 29.7 Å². The van der Waals surface area contributed by atoms with Crippen LogP contribution in [0.1, 0.15) is 30.6 Å². The molecule has 0 saturated heterocycles. The Hall–Kier alpha value is -2.08. The Kier molecular flexibility index (Phi) is 5.99. The first-order chi connectivity index (χ1) is 9.43. The number of carbonyl (C=O) groups excluding carboxylic acids is 2. The van der Waals surface area contributed by atoms with Crippen molar-refractivity contribution in [3.05, 3.63) is 29.8 Å². The fraction of sp³-hybridized carbons (Fsp3) is 0.429. The number of aliphatic hydroxyl groups excluding tert-OH is 1. The molecular formula is C14H21N3O3. The zero-order chi connectivity index (χ0) is 15.1. The van der Waals surface area contributed by atoms with E-state index >= 15 is 0 Å². The molecule has 0 radical (unpaired) electrons. The van der Waals surface area contributed by atoms with Crippen molar-refractivity contribution in [2.45, 2.75) is 26.3 Å². The highest BCUT2D eigenvalue weighted by Gasteiger charge is 2.16. The smallest absolute Gasteiger partial charge is 0.316 e. The Labute approximate surface area is 118 Å². The molecule has 6 nitrogen and oxygen atoms in total. The monoisotopic (exact) mass is 279 g/mol. The number of primary amides is 1. The number of aliphatic hydroxyl groups is 1. The van der Waals surface area contributed by atoms with Crippen LogP contribution in [0.15, 0.2) is 24.3 Å². The summed E-state index contributed by atoms with van der Waals surface area (Å²) in [4.78, 5) is 22.8. The summed E-state index contributed by atoms with van der Waals surface area (Å²) < 4.78 is 0. The first kappa shape index (κ1) is 16.0. The second-order valence-electron chi connectivity index (χ2n) is 4.90. The van der Waals surface area contributed by atoms with Crippen molar-refractivity contribution in [3.8, 4) is 0 Å². The maximum absolute atomic E-state index is 12.1. The summed E-state index contributed by atoms with van der Waals surface area (Å²) in [7, 11) is 0. The van der Waals surface area contributed by atoms with E-state index in [9.17, 15) is 9.59 Å². The van der Waals surface area contributed by atoms with Gasteiger partial charge >= 0.3 is 6.03 Å². The third-order valence-electron chi connectivity index (χ3n) is 2.98. The molecule has 1 aromatic carbocycles. The van der Waals surface area contributed by atoms with Crippen LogP contribution < -0.4 is 16.4 Å². The fourth-order valence-corrected chi connectivity index (χ4v) is 1.81. The van der Waals surface area contributed by atoms with Crippen molar-refractivity contribution in [2.24, 2.45) is 11.7 Å². The number of hydrogen-bond donors (Lipinski definition) is 4. The van der Waals surface area contributed by atoms with Gasteiger partial charge in [0.25, 0.3) is 5.91 Å². The fourth-order valence-electron chi connectivity index (χ4n) is 1.81. The maximum Gasteiger partial charge on any atom is 0.316 e. The Balaban J connectivity index is 2.69. The summed E-state index contributed by atoms with van der Waals surface area (Å²) in [6.45, 7) is 4.01. The molecule has 0 saturated carbocycles. The summed E-state index contributed by atoms with van der Waals surface area (Å²) in [5.74, 6) is 0.0321. The minimum absolute atomic E-state index is 0.0323. The van der Waals surface area contributed by atoms with Gasteiger partial charge in [-0.2, -0.15) is 0 Å². The van der Waals surface area contributed by atoms with Crippen LogP contribution >= 0.6 is 0 Å². The zero-order valence-electron chi connectivity index (χ0n) is 11.7. The van der Waals surface area contributed by atoms with Crippen molar-refractivity contribution >= 4 is 17.6 Å². The Morgan fingerprint density at radius 3 is 2.30 bits per heavy atom. The lowest BCUT2D eigenvalue weighted by Gasteiger charge is -2.21. The van der Waals surface area contributed by atoms with Gasteiger partial charge in [-0.15, -0.1) is 0 Å². The van der Waals surface area contributed by atoms with E-state index in [-0.39, 0.29) is 24.5 Å². The van der Waals surface area contributed by atoms with Crippen LogP contribution in [0.3, 0.4) is 0 Å². The summed E-state index contributed by atoms with van der Waals surface area (Å²) in [6.07, 6.45) is 0.519. The van der Waals surface area contributed by atoms with Crippen molar-refractivity contribution in [1.29, 1.82) is 0 Å². The molecule has 0 fully saturated rings. The molecule has 1 aromatic rings. The lowest BCUT2D eigenvalue weighted by Crippen LogP contribution is -2.39. The van der Waals surface area contributed by atoms with Crippen molar-refractivity contribution < 1.29 is 14.7 Å². The summed E-state index contributed by atoms with van der Waals surface area (Å²) in [6, 6.07) is 5.71. The van der Waals surface area contributed by atoms with Gasteiger partial charge in [-0.1, -0.05) is 13.8 Å². The van der Waals surface area contributed by atoms with Crippen LogP contribution in [0.5, 0.6) is 0 Å². The van der Waals surface area contributed by atoms with Gasteiger partial charge in [0.15, 0.2) is 0 Å². The first-order valence-electron chi connectivity index (χ1n) is 6.52. The number of nitrogens with one attached hydrogen (secondary N) is 2. The molecule has 0 aliphatic carbocycles. The van der Waals surface area contributed by atoms with Gasteiger partial charge < -0.3 is 21.5 Å². The molecule has 6 heteroatoms. The summed E-state index contributed by atoms with van der Waals surface area (Å²) in [5.41, 5.74) is 6.02. The van der Waals surface area contributed by atoms with Crippen LogP contribution in [0, 0.1) is 5.92 Å². The number of hydrogen-bond acceptors (Lipinski definition) is 3. The van der Waals surface area contributed by atoms with Gasteiger partial charge in [0.1, 0.15) is 0 Å². The number of nitrogens with two attached hydrogens (primary N) is 1. The largest absolute Gasteiger partial charge is 0.396 e. The SMILES string of the molecule is CC(C)C(CCO)NC(=O)c1ccc(NC(N)=O)cc1. The van der Waals surface area contributed by atoms with Crippen LogP contribution in [0.4, 0.5) is 10.5 Å². The Bertz CT molecular complexity index is 457. The molecule has 110 valence electrons. The van der Waals surface area contributed by atoms with Crippen molar-refractivity contribution in [2.75, 3.05) is 11.9 Å². The highest BCUT2D eigenvalue weighted by atomic mass is 16.3. The van der Waals surface area contributed by atoms with Crippen molar-refractivity contribution in [1.82, 2.24) is 5.32 Å². The molecule has 0 bridgehead atoms. The standard InChI is InChI=1S/C14H21N3O3/c1-9(2)12(7-8-18)17-13(19)10-3-5-11(6-4-10)16-14(15)20/h3-6,9,12,18H,7-8H2,1-2H3,(H,17,19)(H3,15,16,20). The average molecular weight is 279 g/mol. The van der Waals surface area contributed by atoms with E-state index in [2.05, 4.69) is 10.6 Å². The first-order valence-corrected chi connectivity index (χ1v) is 6.52. The predicted molar refractivity (Wildman–Crippen MR) is 77.4 cm³/mol. The minimum Gasteiger partial charge on any atom is -0.396 e. The summed E-state index contributed by atoms with van der Waals surface area (Å²) >= 11 is 0. The number of benzene rings is 1.